The van der Waals surface area contributed by atoms with Gasteiger partial charge in [0.2, 0.25) is 0 Å². The van der Waals surface area contributed by atoms with Crippen molar-refractivity contribution in [1.29, 1.82) is 0 Å². The lowest BCUT2D eigenvalue weighted by Gasteiger charge is -2.13. The SMILES string of the molecule is CCCCOc1cccc(CNC(=NC)NCCC(F)(F)F)c1.I. The van der Waals surface area contributed by atoms with E-state index in [9.17, 15) is 13.2 Å². The monoisotopic (exact) mass is 459 g/mol. The number of alkyl halides is 3. The topological polar surface area (TPSA) is 45.6 Å². The quantitative estimate of drug-likeness (QED) is 0.266. The minimum Gasteiger partial charge on any atom is -0.494 e. The molecule has 1 rings (SSSR count). The molecule has 0 saturated heterocycles. The Balaban J connectivity index is 0.00000529. The standard InChI is InChI=1S/C16H24F3N3O.HI/c1-3-4-10-23-14-7-5-6-13(11-14)12-22-15(20-2)21-9-8-16(17,18)19;/h5-7,11H,3-4,8-10,12H2,1-2H3,(H2,20,21,22);1H. The van der Waals surface area contributed by atoms with Crippen LogP contribution in [0.1, 0.15) is 31.7 Å². The number of benzene rings is 1. The van der Waals surface area contributed by atoms with Gasteiger partial charge in [0.25, 0.3) is 0 Å². The fourth-order valence-corrected chi connectivity index (χ4v) is 1.81. The Hall–Kier alpha value is -1.19. The summed E-state index contributed by atoms with van der Waals surface area (Å²) in [6.45, 7) is 3.02. The number of hydrogen-bond acceptors (Lipinski definition) is 2. The van der Waals surface area contributed by atoms with E-state index in [1.165, 1.54) is 7.05 Å². The normalized spacial score (nSPS) is 11.6. The Labute approximate surface area is 158 Å². The molecule has 138 valence electrons. The second-order valence-corrected chi connectivity index (χ2v) is 5.07. The highest BCUT2D eigenvalue weighted by Crippen LogP contribution is 2.18. The maximum Gasteiger partial charge on any atom is 0.390 e. The number of unbranched alkanes of at least 4 members (excludes halogenated alkanes) is 1. The van der Waals surface area contributed by atoms with Gasteiger partial charge in [-0.2, -0.15) is 13.2 Å². The molecule has 0 spiro atoms. The third kappa shape index (κ3) is 10.6. The molecule has 0 radical (unpaired) electrons. The number of ether oxygens (including phenoxy) is 1. The summed E-state index contributed by atoms with van der Waals surface area (Å²) >= 11 is 0. The van der Waals surface area contributed by atoms with Crippen LogP contribution >= 0.6 is 24.0 Å². The summed E-state index contributed by atoms with van der Waals surface area (Å²) in [4.78, 5) is 3.90. The van der Waals surface area contributed by atoms with Crippen LogP contribution in [-0.2, 0) is 6.54 Å². The van der Waals surface area contributed by atoms with E-state index < -0.39 is 12.6 Å². The maximum atomic E-state index is 12.1. The highest BCUT2D eigenvalue weighted by molar-refractivity contribution is 14.0. The summed E-state index contributed by atoms with van der Waals surface area (Å²) in [5, 5.41) is 5.62. The first-order chi connectivity index (χ1) is 10.9. The zero-order chi connectivity index (χ0) is 17.1. The number of hydrogen-bond donors (Lipinski definition) is 2. The van der Waals surface area contributed by atoms with Crippen LogP contribution < -0.4 is 15.4 Å². The molecular formula is C16H25F3IN3O. The zero-order valence-electron chi connectivity index (χ0n) is 13.9. The van der Waals surface area contributed by atoms with Gasteiger partial charge >= 0.3 is 6.18 Å². The van der Waals surface area contributed by atoms with Crippen molar-refractivity contribution in [1.82, 2.24) is 10.6 Å². The van der Waals surface area contributed by atoms with E-state index in [0.717, 1.165) is 24.2 Å². The highest BCUT2D eigenvalue weighted by Gasteiger charge is 2.26. The molecule has 0 heterocycles. The van der Waals surface area contributed by atoms with Crippen molar-refractivity contribution in [3.63, 3.8) is 0 Å². The van der Waals surface area contributed by atoms with Crippen molar-refractivity contribution < 1.29 is 17.9 Å². The van der Waals surface area contributed by atoms with Crippen LogP contribution in [0.3, 0.4) is 0 Å². The Kier molecular flexibility index (Phi) is 11.6. The Bertz CT molecular complexity index is 496. The third-order valence-electron chi connectivity index (χ3n) is 3.05. The molecule has 0 aliphatic rings. The van der Waals surface area contributed by atoms with Gasteiger partial charge in [-0.05, 0) is 24.1 Å². The number of halogens is 4. The fraction of sp³-hybridized carbons (Fsp3) is 0.562. The lowest BCUT2D eigenvalue weighted by Crippen LogP contribution is -2.38. The number of nitrogens with one attached hydrogen (secondary N) is 2. The zero-order valence-corrected chi connectivity index (χ0v) is 16.3. The second kappa shape index (κ2) is 12.2. The van der Waals surface area contributed by atoms with Crippen molar-refractivity contribution in [3.05, 3.63) is 29.8 Å². The van der Waals surface area contributed by atoms with E-state index in [2.05, 4.69) is 22.5 Å². The van der Waals surface area contributed by atoms with Crippen molar-refractivity contribution in [3.8, 4) is 5.75 Å². The molecule has 2 N–H and O–H groups in total. The Morgan fingerprint density at radius 3 is 2.62 bits per heavy atom. The predicted molar refractivity (Wildman–Crippen MR) is 101 cm³/mol. The summed E-state index contributed by atoms with van der Waals surface area (Å²) in [5.41, 5.74) is 0.970. The van der Waals surface area contributed by atoms with Gasteiger partial charge in [-0.25, -0.2) is 0 Å². The summed E-state index contributed by atoms with van der Waals surface area (Å²) in [6.07, 6.45) is -3.00. The number of nitrogens with zero attached hydrogens (tertiary/aromatic N) is 1. The Morgan fingerprint density at radius 2 is 2.00 bits per heavy atom. The largest absolute Gasteiger partial charge is 0.494 e. The van der Waals surface area contributed by atoms with Crippen LogP contribution in [0.15, 0.2) is 29.3 Å². The van der Waals surface area contributed by atoms with E-state index in [1.54, 1.807) is 0 Å². The molecule has 24 heavy (non-hydrogen) atoms. The van der Waals surface area contributed by atoms with Crippen LogP contribution in [-0.4, -0.2) is 32.3 Å². The Morgan fingerprint density at radius 1 is 1.25 bits per heavy atom. The molecule has 0 aromatic heterocycles. The summed E-state index contributed by atoms with van der Waals surface area (Å²) in [5.74, 6) is 1.13. The molecule has 8 heteroatoms. The van der Waals surface area contributed by atoms with Crippen molar-refractivity contribution in [2.24, 2.45) is 4.99 Å². The molecule has 0 atom stereocenters. The molecule has 0 aliphatic heterocycles. The average molecular weight is 459 g/mol. The fourth-order valence-electron chi connectivity index (χ4n) is 1.81. The van der Waals surface area contributed by atoms with Gasteiger partial charge in [0, 0.05) is 20.1 Å². The van der Waals surface area contributed by atoms with Crippen LogP contribution in [0.4, 0.5) is 13.2 Å². The van der Waals surface area contributed by atoms with Crippen molar-refractivity contribution >= 4 is 29.9 Å². The third-order valence-corrected chi connectivity index (χ3v) is 3.05. The van der Waals surface area contributed by atoms with Gasteiger partial charge in [0.15, 0.2) is 5.96 Å². The van der Waals surface area contributed by atoms with E-state index in [-0.39, 0.29) is 30.5 Å². The molecule has 1 aromatic rings. The highest BCUT2D eigenvalue weighted by atomic mass is 127. The van der Waals surface area contributed by atoms with E-state index in [4.69, 9.17) is 4.74 Å². The minimum absolute atomic E-state index is 0. The van der Waals surface area contributed by atoms with E-state index in [1.807, 2.05) is 24.3 Å². The van der Waals surface area contributed by atoms with Gasteiger partial charge in [-0.15, -0.1) is 24.0 Å². The minimum atomic E-state index is -4.17. The van der Waals surface area contributed by atoms with Crippen LogP contribution in [0, 0.1) is 0 Å². The lowest BCUT2D eigenvalue weighted by atomic mass is 10.2. The van der Waals surface area contributed by atoms with Gasteiger partial charge in [-0.3, -0.25) is 4.99 Å². The van der Waals surface area contributed by atoms with Crippen LogP contribution in [0.25, 0.3) is 0 Å². The van der Waals surface area contributed by atoms with Gasteiger partial charge < -0.3 is 15.4 Å². The summed E-state index contributed by atoms with van der Waals surface area (Å²) in [7, 11) is 1.52. The molecule has 0 amide bonds. The van der Waals surface area contributed by atoms with E-state index >= 15 is 0 Å². The van der Waals surface area contributed by atoms with Gasteiger partial charge in [-0.1, -0.05) is 25.5 Å². The molecule has 0 aliphatic carbocycles. The molecule has 1 aromatic carbocycles. The second-order valence-electron chi connectivity index (χ2n) is 5.07. The van der Waals surface area contributed by atoms with Gasteiger partial charge in [0.1, 0.15) is 5.75 Å². The summed E-state index contributed by atoms with van der Waals surface area (Å²) < 4.78 is 42.0. The molecule has 4 nitrogen and oxygen atoms in total. The van der Waals surface area contributed by atoms with Gasteiger partial charge in [0.05, 0.1) is 13.0 Å². The average Bonchev–Trinajstić information content (AvgIpc) is 2.50. The van der Waals surface area contributed by atoms with Crippen molar-refractivity contribution in [2.75, 3.05) is 20.2 Å². The first-order valence-electron chi connectivity index (χ1n) is 7.67. The molecule has 0 bridgehead atoms. The van der Waals surface area contributed by atoms with Crippen LogP contribution in [0.5, 0.6) is 5.75 Å². The number of aliphatic imine (C=N–C) groups is 1. The summed E-state index contributed by atoms with van der Waals surface area (Å²) in [6, 6.07) is 7.60. The van der Waals surface area contributed by atoms with Crippen LogP contribution in [0.2, 0.25) is 0 Å². The molecule has 0 saturated carbocycles. The smallest absolute Gasteiger partial charge is 0.390 e. The maximum absolute atomic E-state index is 12.1. The predicted octanol–water partition coefficient (Wildman–Crippen LogP) is 4.10. The number of rotatable bonds is 8. The molecule has 0 unspecified atom stereocenters. The van der Waals surface area contributed by atoms with E-state index in [0.29, 0.717) is 19.1 Å². The van der Waals surface area contributed by atoms with Crippen molar-refractivity contribution in [2.45, 2.75) is 38.9 Å². The number of guanidine groups is 1. The first-order valence-corrected chi connectivity index (χ1v) is 7.67. The molecule has 0 fully saturated rings. The molecular weight excluding hydrogens is 434 g/mol. The lowest BCUT2D eigenvalue weighted by molar-refractivity contribution is -0.132. The first kappa shape index (κ1) is 22.8.